The van der Waals surface area contributed by atoms with E-state index in [4.69, 9.17) is 16.3 Å². The lowest BCUT2D eigenvalue weighted by molar-refractivity contribution is 0.0519. The molecule has 0 radical (unpaired) electrons. The van der Waals surface area contributed by atoms with Gasteiger partial charge in [0.15, 0.2) is 5.15 Å². The predicted octanol–water partition coefficient (Wildman–Crippen LogP) is 2.48. The van der Waals surface area contributed by atoms with E-state index in [2.05, 4.69) is 20.2 Å². The van der Waals surface area contributed by atoms with Crippen LogP contribution < -0.4 is 5.32 Å². The highest BCUT2D eigenvalue weighted by molar-refractivity contribution is 6.29. The van der Waals surface area contributed by atoms with E-state index in [0.717, 1.165) is 25.2 Å². The number of nitrogens with one attached hydrogen (secondary N) is 1. The predicted molar refractivity (Wildman–Crippen MR) is 84.7 cm³/mol. The fourth-order valence-corrected chi connectivity index (χ4v) is 2.60. The molecule has 6 nitrogen and oxygen atoms in total. The number of likely N-dealkylation sites (tertiary alicyclic amines) is 1. The highest BCUT2D eigenvalue weighted by atomic mass is 35.5. The summed E-state index contributed by atoms with van der Waals surface area (Å²) in [5.74, 6) is 0.419. The molecule has 2 heterocycles. The van der Waals surface area contributed by atoms with Crippen molar-refractivity contribution in [2.24, 2.45) is 5.92 Å². The Morgan fingerprint density at radius 1 is 1.45 bits per heavy atom. The number of hydrogen-bond acceptors (Lipinski definition) is 5. The van der Waals surface area contributed by atoms with Crippen LogP contribution in [-0.2, 0) is 11.3 Å². The molecule has 7 heteroatoms. The van der Waals surface area contributed by atoms with Gasteiger partial charge in [-0.2, -0.15) is 0 Å². The maximum absolute atomic E-state index is 11.6. The molecule has 0 spiro atoms. The molecule has 1 aliphatic heterocycles. The van der Waals surface area contributed by atoms with Gasteiger partial charge in [-0.05, 0) is 39.7 Å². The second kappa shape index (κ2) is 7.24. The van der Waals surface area contributed by atoms with Gasteiger partial charge in [0.2, 0.25) is 0 Å². The van der Waals surface area contributed by atoms with Gasteiger partial charge in [0.05, 0.1) is 5.69 Å². The van der Waals surface area contributed by atoms with Crippen molar-refractivity contribution in [3.05, 3.63) is 23.2 Å². The molecule has 0 saturated carbocycles. The molecule has 1 N–H and O–H groups in total. The molecular formula is C15H23ClN4O2. The fourth-order valence-electron chi connectivity index (χ4n) is 2.43. The number of aromatic nitrogens is 2. The van der Waals surface area contributed by atoms with Gasteiger partial charge in [-0.25, -0.2) is 9.78 Å². The van der Waals surface area contributed by atoms with E-state index in [-0.39, 0.29) is 6.09 Å². The quantitative estimate of drug-likeness (QED) is 0.920. The van der Waals surface area contributed by atoms with Crippen molar-refractivity contribution >= 4 is 17.7 Å². The minimum atomic E-state index is -0.464. The van der Waals surface area contributed by atoms with Gasteiger partial charge in [0.1, 0.15) is 5.60 Å². The molecule has 1 fully saturated rings. The molecule has 1 aromatic heterocycles. The van der Waals surface area contributed by atoms with Crippen LogP contribution in [0.3, 0.4) is 0 Å². The van der Waals surface area contributed by atoms with Crippen LogP contribution in [0.25, 0.3) is 0 Å². The van der Waals surface area contributed by atoms with Gasteiger partial charge >= 0.3 is 6.09 Å². The van der Waals surface area contributed by atoms with E-state index < -0.39 is 5.60 Å². The summed E-state index contributed by atoms with van der Waals surface area (Å²) in [5.41, 5.74) is 0.332. The monoisotopic (exact) mass is 326 g/mol. The lowest BCUT2D eigenvalue weighted by Gasteiger charge is -2.21. The lowest BCUT2D eigenvalue weighted by atomic mass is 10.1. The third kappa shape index (κ3) is 5.42. The zero-order chi connectivity index (χ0) is 16.2. The summed E-state index contributed by atoms with van der Waals surface area (Å²) in [6.45, 7) is 8.75. The van der Waals surface area contributed by atoms with E-state index >= 15 is 0 Å². The van der Waals surface area contributed by atoms with Crippen molar-refractivity contribution in [1.82, 2.24) is 20.2 Å². The summed E-state index contributed by atoms with van der Waals surface area (Å²) in [6, 6.07) is 0. The standard InChI is InChI=1S/C15H23ClN4O2/c1-15(2,3)22-14(21)19-8-11-4-7-20(9-11)10-12-13(16)18-6-5-17-12/h5-6,11H,4,7-10H2,1-3H3,(H,19,21)/t11-/m1/s1. The molecular weight excluding hydrogens is 304 g/mol. The first-order valence-electron chi connectivity index (χ1n) is 7.48. The summed E-state index contributed by atoms with van der Waals surface area (Å²) in [6.07, 6.45) is 3.92. The molecule has 0 bridgehead atoms. The number of halogens is 1. The van der Waals surface area contributed by atoms with E-state index in [9.17, 15) is 4.79 Å². The highest BCUT2D eigenvalue weighted by Gasteiger charge is 2.24. The summed E-state index contributed by atoms with van der Waals surface area (Å²) < 4.78 is 5.24. The van der Waals surface area contributed by atoms with Crippen molar-refractivity contribution in [3.8, 4) is 0 Å². The number of rotatable bonds is 4. The largest absolute Gasteiger partial charge is 0.444 e. The summed E-state index contributed by atoms with van der Waals surface area (Å²) in [7, 11) is 0. The second-order valence-electron chi connectivity index (χ2n) is 6.57. The second-order valence-corrected chi connectivity index (χ2v) is 6.92. The Morgan fingerprint density at radius 3 is 2.86 bits per heavy atom. The number of nitrogens with zero attached hydrogens (tertiary/aromatic N) is 3. The molecule has 1 atom stereocenters. The van der Waals surface area contributed by atoms with Crippen molar-refractivity contribution < 1.29 is 9.53 Å². The van der Waals surface area contributed by atoms with Crippen LogP contribution in [0.5, 0.6) is 0 Å². The maximum Gasteiger partial charge on any atom is 0.407 e. The maximum atomic E-state index is 11.6. The van der Waals surface area contributed by atoms with Gasteiger partial charge < -0.3 is 10.1 Å². The minimum Gasteiger partial charge on any atom is -0.444 e. The topological polar surface area (TPSA) is 67.3 Å². The average Bonchev–Trinajstić information content (AvgIpc) is 2.85. The third-order valence-electron chi connectivity index (χ3n) is 3.40. The molecule has 0 unspecified atom stereocenters. The van der Waals surface area contributed by atoms with Crippen LogP contribution in [0.4, 0.5) is 4.79 Å². The smallest absolute Gasteiger partial charge is 0.407 e. The third-order valence-corrected chi connectivity index (χ3v) is 3.72. The fraction of sp³-hybridized carbons (Fsp3) is 0.667. The van der Waals surface area contributed by atoms with E-state index in [1.807, 2.05) is 20.8 Å². The van der Waals surface area contributed by atoms with Gasteiger partial charge in [-0.1, -0.05) is 11.6 Å². The number of amides is 1. The van der Waals surface area contributed by atoms with E-state index in [0.29, 0.717) is 24.2 Å². The Balaban J connectivity index is 1.74. The summed E-state index contributed by atoms with van der Waals surface area (Å²) >= 11 is 6.03. The number of alkyl carbamates (subject to hydrolysis) is 1. The van der Waals surface area contributed by atoms with Gasteiger partial charge in [-0.15, -0.1) is 0 Å². The molecule has 0 aromatic carbocycles. The molecule has 0 aliphatic carbocycles. The Bertz CT molecular complexity index is 519. The highest BCUT2D eigenvalue weighted by Crippen LogP contribution is 2.19. The van der Waals surface area contributed by atoms with Crippen LogP contribution >= 0.6 is 11.6 Å². The summed E-state index contributed by atoms with van der Waals surface area (Å²) in [5, 5.41) is 3.29. The summed E-state index contributed by atoms with van der Waals surface area (Å²) in [4.78, 5) is 22.2. The van der Waals surface area contributed by atoms with Gasteiger partial charge in [0, 0.05) is 32.0 Å². The Kier molecular flexibility index (Phi) is 5.58. The molecule has 1 aromatic rings. The van der Waals surface area contributed by atoms with Crippen LogP contribution in [0.2, 0.25) is 5.15 Å². The van der Waals surface area contributed by atoms with E-state index in [1.165, 1.54) is 0 Å². The first kappa shape index (κ1) is 17.0. The van der Waals surface area contributed by atoms with Gasteiger partial charge in [-0.3, -0.25) is 9.88 Å². The van der Waals surface area contributed by atoms with Crippen molar-refractivity contribution in [1.29, 1.82) is 0 Å². The minimum absolute atomic E-state index is 0.358. The number of carbonyl (C=O) groups is 1. The van der Waals surface area contributed by atoms with E-state index in [1.54, 1.807) is 12.4 Å². The number of ether oxygens (including phenoxy) is 1. The number of hydrogen-bond donors (Lipinski definition) is 1. The molecule has 2 rings (SSSR count). The first-order chi connectivity index (χ1) is 10.3. The Hall–Kier alpha value is -1.40. The normalized spacial score (nSPS) is 19.2. The van der Waals surface area contributed by atoms with Crippen LogP contribution in [-0.4, -0.2) is 46.2 Å². The zero-order valence-electron chi connectivity index (χ0n) is 13.3. The molecule has 1 aliphatic rings. The molecule has 1 amide bonds. The number of carbonyl (C=O) groups excluding carboxylic acids is 1. The average molecular weight is 327 g/mol. The first-order valence-corrected chi connectivity index (χ1v) is 7.86. The van der Waals surface area contributed by atoms with Crippen LogP contribution in [0, 0.1) is 5.92 Å². The molecule has 22 heavy (non-hydrogen) atoms. The Labute approximate surface area is 136 Å². The van der Waals surface area contributed by atoms with Crippen LogP contribution in [0.15, 0.2) is 12.4 Å². The van der Waals surface area contributed by atoms with Crippen molar-refractivity contribution in [2.45, 2.75) is 39.3 Å². The van der Waals surface area contributed by atoms with Gasteiger partial charge in [0.25, 0.3) is 0 Å². The van der Waals surface area contributed by atoms with Crippen molar-refractivity contribution in [3.63, 3.8) is 0 Å². The molecule has 122 valence electrons. The molecule has 1 saturated heterocycles. The Morgan fingerprint density at radius 2 is 2.18 bits per heavy atom. The van der Waals surface area contributed by atoms with Crippen molar-refractivity contribution in [2.75, 3.05) is 19.6 Å². The SMILES string of the molecule is CC(C)(C)OC(=O)NC[C@H]1CCN(Cc2nccnc2Cl)C1. The van der Waals surface area contributed by atoms with Crippen LogP contribution in [0.1, 0.15) is 32.9 Å². The lowest BCUT2D eigenvalue weighted by Crippen LogP contribution is -2.36. The zero-order valence-corrected chi connectivity index (χ0v) is 14.1.